The number of benzene rings is 2. The second kappa shape index (κ2) is 7.30. The SMILES string of the molecule is O=C1Cc2cc3c(cc2C(c2ccccc2)=NN1CC1CCCCC1)OCO3. The molecule has 0 N–H and O–H groups in total. The first-order chi connectivity index (χ1) is 13.8. The van der Waals surface area contributed by atoms with Gasteiger partial charge in [0.2, 0.25) is 12.7 Å². The van der Waals surface area contributed by atoms with Crippen LogP contribution in [0.5, 0.6) is 11.5 Å². The number of amides is 1. The minimum Gasteiger partial charge on any atom is -0.454 e. The number of ether oxygens (including phenoxy) is 2. The molecule has 2 aromatic carbocycles. The van der Waals surface area contributed by atoms with Crippen LogP contribution in [-0.2, 0) is 11.2 Å². The van der Waals surface area contributed by atoms with E-state index in [0.717, 1.165) is 28.2 Å². The lowest BCUT2D eigenvalue weighted by molar-refractivity contribution is -0.131. The molecule has 1 saturated carbocycles. The Bertz CT molecular complexity index is 917. The fourth-order valence-corrected chi connectivity index (χ4v) is 4.40. The smallest absolute Gasteiger partial charge is 0.247 e. The van der Waals surface area contributed by atoms with Crippen LogP contribution in [0.4, 0.5) is 0 Å². The van der Waals surface area contributed by atoms with Gasteiger partial charge in [-0.2, -0.15) is 5.10 Å². The summed E-state index contributed by atoms with van der Waals surface area (Å²) in [4.78, 5) is 13.1. The van der Waals surface area contributed by atoms with Crippen LogP contribution in [0.3, 0.4) is 0 Å². The molecule has 1 amide bonds. The summed E-state index contributed by atoms with van der Waals surface area (Å²) in [5, 5.41) is 6.61. The van der Waals surface area contributed by atoms with Crippen LogP contribution >= 0.6 is 0 Å². The fraction of sp³-hybridized carbons (Fsp3) is 0.391. The zero-order valence-corrected chi connectivity index (χ0v) is 15.9. The molecule has 144 valence electrons. The van der Waals surface area contributed by atoms with Crippen molar-refractivity contribution in [3.63, 3.8) is 0 Å². The molecule has 1 fully saturated rings. The van der Waals surface area contributed by atoms with Gasteiger partial charge in [-0.3, -0.25) is 4.79 Å². The number of fused-ring (bicyclic) bond motifs is 2. The molecule has 0 atom stereocenters. The minimum absolute atomic E-state index is 0.0524. The Balaban J connectivity index is 1.57. The molecule has 0 spiro atoms. The van der Waals surface area contributed by atoms with E-state index < -0.39 is 0 Å². The number of carbonyl (C=O) groups is 1. The maximum Gasteiger partial charge on any atom is 0.247 e. The summed E-state index contributed by atoms with van der Waals surface area (Å²) in [6, 6.07) is 14.0. The van der Waals surface area contributed by atoms with E-state index >= 15 is 0 Å². The molecule has 5 nitrogen and oxygen atoms in total. The molecule has 28 heavy (non-hydrogen) atoms. The van der Waals surface area contributed by atoms with E-state index in [1.54, 1.807) is 5.01 Å². The van der Waals surface area contributed by atoms with E-state index in [9.17, 15) is 4.79 Å². The van der Waals surface area contributed by atoms with E-state index in [4.69, 9.17) is 14.6 Å². The van der Waals surface area contributed by atoms with Crippen LogP contribution in [0.25, 0.3) is 0 Å². The fourth-order valence-electron chi connectivity index (χ4n) is 4.40. The summed E-state index contributed by atoms with van der Waals surface area (Å²) in [6.07, 6.45) is 6.51. The van der Waals surface area contributed by atoms with Gasteiger partial charge in [-0.1, -0.05) is 49.6 Å². The quantitative estimate of drug-likeness (QED) is 0.809. The van der Waals surface area contributed by atoms with Gasteiger partial charge in [-0.05, 0) is 36.5 Å². The number of rotatable bonds is 3. The van der Waals surface area contributed by atoms with Crippen LogP contribution in [-0.4, -0.2) is 30.0 Å². The molecule has 2 heterocycles. The molecule has 0 saturated heterocycles. The monoisotopic (exact) mass is 376 g/mol. The second-order valence-electron chi connectivity index (χ2n) is 7.83. The lowest BCUT2D eigenvalue weighted by atomic mass is 9.89. The number of hydrogen-bond acceptors (Lipinski definition) is 4. The lowest BCUT2D eigenvalue weighted by Gasteiger charge is -2.26. The highest BCUT2D eigenvalue weighted by Gasteiger charge is 2.29. The zero-order valence-electron chi connectivity index (χ0n) is 15.9. The summed E-state index contributed by atoms with van der Waals surface area (Å²) in [7, 11) is 0. The van der Waals surface area contributed by atoms with Crippen molar-refractivity contribution >= 4 is 11.6 Å². The summed E-state index contributed by atoms with van der Waals surface area (Å²) in [5.41, 5.74) is 3.74. The average molecular weight is 376 g/mol. The van der Waals surface area contributed by atoms with E-state index in [-0.39, 0.29) is 12.7 Å². The van der Waals surface area contributed by atoms with Crippen molar-refractivity contribution in [2.75, 3.05) is 13.3 Å². The molecule has 0 radical (unpaired) electrons. The minimum atomic E-state index is 0.0524. The maximum atomic E-state index is 13.1. The number of nitrogens with zero attached hydrogens (tertiary/aromatic N) is 2. The van der Waals surface area contributed by atoms with Crippen molar-refractivity contribution in [2.24, 2.45) is 11.0 Å². The van der Waals surface area contributed by atoms with E-state index in [0.29, 0.717) is 24.6 Å². The summed E-state index contributed by atoms with van der Waals surface area (Å²) in [5.74, 6) is 2.02. The molecule has 2 aromatic rings. The molecular formula is C23H24N2O3. The Kier molecular flexibility index (Phi) is 4.51. The van der Waals surface area contributed by atoms with Crippen molar-refractivity contribution in [2.45, 2.75) is 38.5 Å². The van der Waals surface area contributed by atoms with Gasteiger partial charge in [0, 0.05) is 17.7 Å². The summed E-state index contributed by atoms with van der Waals surface area (Å²) < 4.78 is 11.1. The largest absolute Gasteiger partial charge is 0.454 e. The number of hydrazone groups is 1. The maximum absolute atomic E-state index is 13.1. The van der Waals surface area contributed by atoms with Gasteiger partial charge in [-0.25, -0.2) is 5.01 Å². The Morgan fingerprint density at radius 3 is 2.54 bits per heavy atom. The van der Waals surface area contributed by atoms with Gasteiger partial charge in [0.25, 0.3) is 0 Å². The second-order valence-corrected chi connectivity index (χ2v) is 7.83. The zero-order chi connectivity index (χ0) is 18.9. The third-order valence-corrected chi connectivity index (χ3v) is 5.91. The molecule has 1 aliphatic carbocycles. The van der Waals surface area contributed by atoms with Gasteiger partial charge in [-0.15, -0.1) is 0 Å². The molecule has 5 heteroatoms. The first-order valence-corrected chi connectivity index (χ1v) is 10.2. The standard InChI is InChI=1S/C23H24N2O3/c26-22-12-18-11-20-21(28-15-27-20)13-19(18)23(17-9-5-2-6-10-17)24-25(22)14-16-7-3-1-4-8-16/h2,5-6,9-11,13,16H,1,3-4,7-8,12,14-15H2. The topological polar surface area (TPSA) is 51.1 Å². The van der Waals surface area contributed by atoms with Gasteiger partial charge < -0.3 is 9.47 Å². The predicted octanol–water partition coefficient (Wildman–Crippen LogP) is 4.13. The third kappa shape index (κ3) is 3.26. The highest BCUT2D eigenvalue weighted by Crippen LogP contribution is 2.37. The van der Waals surface area contributed by atoms with E-state index in [1.165, 1.54) is 32.1 Å². The highest BCUT2D eigenvalue weighted by atomic mass is 16.7. The summed E-state index contributed by atoms with van der Waals surface area (Å²) in [6.45, 7) is 0.924. The lowest BCUT2D eigenvalue weighted by Crippen LogP contribution is -2.32. The molecule has 2 aliphatic heterocycles. The van der Waals surface area contributed by atoms with Gasteiger partial charge in [0.1, 0.15) is 0 Å². The molecule has 3 aliphatic rings. The molecule has 5 rings (SSSR count). The van der Waals surface area contributed by atoms with Crippen LogP contribution in [0.15, 0.2) is 47.6 Å². The van der Waals surface area contributed by atoms with Crippen molar-refractivity contribution in [1.29, 1.82) is 0 Å². The highest BCUT2D eigenvalue weighted by molar-refractivity contribution is 6.15. The molecule has 0 bridgehead atoms. The van der Waals surface area contributed by atoms with Gasteiger partial charge in [0.05, 0.1) is 12.1 Å². The third-order valence-electron chi connectivity index (χ3n) is 5.91. The molecule has 0 unspecified atom stereocenters. The normalized spacial score (nSPS) is 19.2. The molecule has 0 aromatic heterocycles. The van der Waals surface area contributed by atoms with Crippen LogP contribution in [0, 0.1) is 5.92 Å². The van der Waals surface area contributed by atoms with E-state index in [1.807, 2.05) is 42.5 Å². The Morgan fingerprint density at radius 2 is 1.75 bits per heavy atom. The molecular weight excluding hydrogens is 352 g/mol. The van der Waals surface area contributed by atoms with Gasteiger partial charge in [0.15, 0.2) is 11.5 Å². The predicted molar refractivity (Wildman–Crippen MR) is 107 cm³/mol. The van der Waals surface area contributed by atoms with Crippen LogP contribution < -0.4 is 9.47 Å². The number of carbonyl (C=O) groups excluding carboxylic acids is 1. The number of hydrogen-bond donors (Lipinski definition) is 0. The Morgan fingerprint density at radius 1 is 1.00 bits per heavy atom. The summed E-state index contributed by atoms with van der Waals surface area (Å²) >= 11 is 0. The van der Waals surface area contributed by atoms with Crippen molar-refractivity contribution in [1.82, 2.24) is 5.01 Å². The van der Waals surface area contributed by atoms with E-state index in [2.05, 4.69) is 0 Å². The van der Waals surface area contributed by atoms with Crippen LogP contribution in [0.1, 0.15) is 48.8 Å². The first kappa shape index (κ1) is 17.3. The van der Waals surface area contributed by atoms with Gasteiger partial charge >= 0.3 is 0 Å². The average Bonchev–Trinajstić information content (AvgIpc) is 3.14. The Hall–Kier alpha value is -2.82. The van der Waals surface area contributed by atoms with Crippen molar-refractivity contribution in [3.8, 4) is 11.5 Å². The first-order valence-electron chi connectivity index (χ1n) is 10.2. The Labute approximate surface area is 164 Å². The van der Waals surface area contributed by atoms with Crippen LogP contribution in [0.2, 0.25) is 0 Å². The van der Waals surface area contributed by atoms with Crippen molar-refractivity contribution in [3.05, 3.63) is 59.2 Å². The van der Waals surface area contributed by atoms with Crippen molar-refractivity contribution < 1.29 is 14.3 Å².